The van der Waals surface area contributed by atoms with Crippen molar-refractivity contribution >= 4 is 5.69 Å². The fraction of sp³-hybridized carbons (Fsp3) is 0.154. The highest BCUT2D eigenvalue weighted by Crippen LogP contribution is 2.31. The third-order valence-electron chi connectivity index (χ3n) is 2.54. The summed E-state index contributed by atoms with van der Waals surface area (Å²) in [5, 5.41) is 19.9. The third kappa shape index (κ3) is 3.01. The largest absolute Gasteiger partial charge is 0.481 e. The molecule has 1 N–H and O–H groups in total. The summed E-state index contributed by atoms with van der Waals surface area (Å²) < 4.78 is 10.3. The van der Waals surface area contributed by atoms with Crippen molar-refractivity contribution in [1.29, 1.82) is 0 Å². The van der Waals surface area contributed by atoms with Crippen LogP contribution in [-0.4, -0.2) is 22.1 Å². The molecule has 0 aliphatic carbocycles. The quantitative estimate of drug-likeness (QED) is 0.665. The SMILES string of the molecule is COc1ccc([N+](=O)[O-])c(Oc2ccc(CO)cc2)n1. The maximum absolute atomic E-state index is 10.9. The Kier molecular flexibility index (Phi) is 4.11. The highest BCUT2D eigenvalue weighted by molar-refractivity contribution is 5.45. The molecule has 20 heavy (non-hydrogen) atoms. The number of aliphatic hydroxyl groups is 1. The van der Waals surface area contributed by atoms with Crippen LogP contribution < -0.4 is 9.47 Å². The molecule has 1 heterocycles. The molecule has 0 bridgehead atoms. The van der Waals surface area contributed by atoms with Gasteiger partial charge in [0.15, 0.2) is 0 Å². The smallest absolute Gasteiger partial charge is 0.331 e. The van der Waals surface area contributed by atoms with Gasteiger partial charge in [0.1, 0.15) is 5.75 Å². The lowest BCUT2D eigenvalue weighted by Gasteiger charge is -2.07. The van der Waals surface area contributed by atoms with E-state index in [0.717, 1.165) is 0 Å². The van der Waals surface area contributed by atoms with Crippen molar-refractivity contribution in [3.63, 3.8) is 0 Å². The summed E-state index contributed by atoms with van der Waals surface area (Å²) in [4.78, 5) is 14.3. The van der Waals surface area contributed by atoms with E-state index in [1.165, 1.54) is 19.2 Å². The molecule has 0 saturated carbocycles. The van der Waals surface area contributed by atoms with Crippen LogP contribution in [0.5, 0.6) is 17.5 Å². The van der Waals surface area contributed by atoms with Crippen LogP contribution in [0, 0.1) is 10.1 Å². The van der Waals surface area contributed by atoms with E-state index in [1.807, 2.05) is 0 Å². The molecular formula is C13H12N2O5. The zero-order valence-electron chi connectivity index (χ0n) is 10.6. The Morgan fingerprint density at radius 2 is 1.95 bits per heavy atom. The summed E-state index contributed by atoms with van der Waals surface area (Å²) in [6, 6.07) is 9.15. The van der Waals surface area contributed by atoms with E-state index >= 15 is 0 Å². The highest BCUT2D eigenvalue weighted by Gasteiger charge is 2.18. The van der Waals surface area contributed by atoms with E-state index in [-0.39, 0.29) is 24.1 Å². The molecule has 2 rings (SSSR count). The normalized spacial score (nSPS) is 10.1. The number of hydrogen-bond acceptors (Lipinski definition) is 6. The number of methoxy groups -OCH3 is 1. The van der Waals surface area contributed by atoms with Gasteiger partial charge in [0.05, 0.1) is 18.6 Å². The molecule has 0 spiro atoms. The topological polar surface area (TPSA) is 94.7 Å². The maximum atomic E-state index is 10.9. The van der Waals surface area contributed by atoms with Crippen molar-refractivity contribution in [3.05, 3.63) is 52.1 Å². The number of nitro groups is 1. The minimum absolute atomic E-state index is 0.0855. The first kappa shape index (κ1) is 13.8. The predicted molar refractivity (Wildman–Crippen MR) is 69.9 cm³/mol. The van der Waals surface area contributed by atoms with Gasteiger partial charge in [-0.25, -0.2) is 0 Å². The molecule has 7 nitrogen and oxygen atoms in total. The summed E-state index contributed by atoms with van der Waals surface area (Å²) in [6.07, 6.45) is 0. The molecule has 0 fully saturated rings. The number of aromatic nitrogens is 1. The van der Waals surface area contributed by atoms with Crippen molar-refractivity contribution in [2.45, 2.75) is 6.61 Å². The molecule has 0 saturated heterocycles. The molecule has 0 amide bonds. The van der Waals surface area contributed by atoms with Crippen LogP contribution in [0.15, 0.2) is 36.4 Å². The summed E-state index contributed by atoms with van der Waals surface area (Å²) in [5.74, 6) is 0.453. The second-order valence-corrected chi connectivity index (χ2v) is 3.84. The Morgan fingerprint density at radius 1 is 1.25 bits per heavy atom. The second-order valence-electron chi connectivity index (χ2n) is 3.84. The van der Waals surface area contributed by atoms with Crippen LogP contribution in [0.2, 0.25) is 0 Å². The van der Waals surface area contributed by atoms with Crippen LogP contribution >= 0.6 is 0 Å². The average Bonchev–Trinajstić information content (AvgIpc) is 2.47. The molecule has 0 aliphatic rings. The highest BCUT2D eigenvalue weighted by atomic mass is 16.6. The van der Waals surface area contributed by atoms with Crippen molar-refractivity contribution in [2.75, 3.05) is 7.11 Å². The Morgan fingerprint density at radius 3 is 2.50 bits per heavy atom. The molecule has 0 atom stereocenters. The van der Waals surface area contributed by atoms with E-state index in [0.29, 0.717) is 11.3 Å². The molecule has 1 aromatic heterocycles. The zero-order valence-corrected chi connectivity index (χ0v) is 10.6. The van der Waals surface area contributed by atoms with Gasteiger partial charge in [-0.2, -0.15) is 4.98 Å². The van der Waals surface area contributed by atoms with Crippen LogP contribution in [0.25, 0.3) is 0 Å². The molecule has 2 aromatic rings. The van der Waals surface area contributed by atoms with Crippen LogP contribution in [-0.2, 0) is 6.61 Å². The molecular weight excluding hydrogens is 264 g/mol. The van der Waals surface area contributed by atoms with Crippen LogP contribution in [0.4, 0.5) is 5.69 Å². The lowest BCUT2D eigenvalue weighted by molar-refractivity contribution is -0.386. The first-order valence-electron chi connectivity index (χ1n) is 5.71. The number of ether oxygens (including phenoxy) is 2. The van der Waals surface area contributed by atoms with Gasteiger partial charge in [-0.3, -0.25) is 10.1 Å². The van der Waals surface area contributed by atoms with Gasteiger partial charge < -0.3 is 14.6 Å². The molecule has 0 aliphatic heterocycles. The van der Waals surface area contributed by atoms with Gasteiger partial charge in [0.25, 0.3) is 0 Å². The summed E-state index contributed by atoms with van der Waals surface area (Å²) >= 11 is 0. The van der Waals surface area contributed by atoms with Crippen LogP contribution in [0.3, 0.4) is 0 Å². The number of rotatable bonds is 5. The molecule has 0 radical (unpaired) electrons. The number of nitrogens with zero attached hydrogens (tertiary/aromatic N) is 2. The van der Waals surface area contributed by atoms with E-state index in [4.69, 9.17) is 14.6 Å². The van der Waals surface area contributed by atoms with Crippen molar-refractivity contribution in [3.8, 4) is 17.5 Å². The first-order valence-corrected chi connectivity index (χ1v) is 5.71. The lowest BCUT2D eigenvalue weighted by atomic mass is 10.2. The van der Waals surface area contributed by atoms with Gasteiger partial charge >= 0.3 is 11.6 Å². The summed E-state index contributed by atoms with van der Waals surface area (Å²) in [7, 11) is 1.41. The zero-order chi connectivity index (χ0) is 14.5. The minimum Gasteiger partial charge on any atom is -0.481 e. The standard InChI is InChI=1S/C13H12N2O5/c1-19-12-7-6-11(15(17)18)13(14-12)20-10-4-2-9(8-16)3-5-10/h2-7,16H,8H2,1H3. The monoisotopic (exact) mass is 276 g/mol. The number of aliphatic hydroxyl groups excluding tert-OH is 1. The van der Waals surface area contributed by atoms with Gasteiger partial charge in [-0.05, 0) is 17.7 Å². The van der Waals surface area contributed by atoms with Gasteiger partial charge in [-0.1, -0.05) is 12.1 Å². The number of hydrogen-bond donors (Lipinski definition) is 1. The van der Waals surface area contributed by atoms with Gasteiger partial charge in [0.2, 0.25) is 5.88 Å². The number of benzene rings is 1. The summed E-state index contributed by atoms with van der Waals surface area (Å²) in [6.45, 7) is -0.0855. The van der Waals surface area contributed by atoms with E-state index in [2.05, 4.69) is 4.98 Å². The Labute approximate surface area is 114 Å². The lowest BCUT2D eigenvalue weighted by Crippen LogP contribution is -1.98. The van der Waals surface area contributed by atoms with Crippen molar-refractivity contribution < 1.29 is 19.5 Å². The summed E-state index contributed by atoms with van der Waals surface area (Å²) in [5.41, 5.74) is 0.461. The molecule has 7 heteroatoms. The predicted octanol–water partition coefficient (Wildman–Crippen LogP) is 2.28. The molecule has 104 valence electrons. The van der Waals surface area contributed by atoms with Crippen molar-refractivity contribution in [2.24, 2.45) is 0 Å². The van der Waals surface area contributed by atoms with Crippen molar-refractivity contribution in [1.82, 2.24) is 4.98 Å². The Bertz CT molecular complexity index is 613. The first-order chi connectivity index (χ1) is 9.63. The fourth-order valence-electron chi connectivity index (χ4n) is 1.52. The van der Waals surface area contributed by atoms with Gasteiger partial charge in [0, 0.05) is 12.1 Å². The Balaban J connectivity index is 2.32. The van der Waals surface area contributed by atoms with E-state index < -0.39 is 4.92 Å². The minimum atomic E-state index is -0.579. The van der Waals surface area contributed by atoms with Gasteiger partial charge in [-0.15, -0.1) is 0 Å². The van der Waals surface area contributed by atoms with E-state index in [9.17, 15) is 10.1 Å². The molecule has 1 aromatic carbocycles. The number of pyridine rings is 1. The van der Waals surface area contributed by atoms with Crippen LogP contribution in [0.1, 0.15) is 5.56 Å². The third-order valence-corrected chi connectivity index (χ3v) is 2.54. The molecule has 0 unspecified atom stereocenters. The Hall–Kier alpha value is -2.67. The maximum Gasteiger partial charge on any atom is 0.331 e. The van der Waals surface area contributed by atoms with E-state index in [1.54, 1.807) is 24.3 Å². The average molecular weight is 276 g/mol. The fourth-order valence-corrected chi connectivity index (χ4v) is 1.52. The second kappa shape index (κ2) is 5.98.